The Bertz CT molecular complexity index is 1020. The molecule has 0 bridgehead atoms. The molecule has 0 radical (unpaired) electrons. The van der Waals surface area contributed by atoms with Gasteiger partial charge in [0, 0.05) is 6.54 Å². The molecule has 0 spiro atoms. The molecule has 0 saturated carbocycles. The number of carbonyl (C=O) groups excluding carboxylic acids is 2. The summed E-state index contributed by atoms with van der Waals surface area (Å²) in [5.41, 5.74) is 0.483. The van der Waals surface area contributed by atoms with Crippen molar-refractivity contribution < 1.29 is 27.5 Å². The van der Waals surface area contributed by atoms with E-state index in [-0.39, 0.29) is 32.8 Å². The summed E-state index contributed by atoms with van der Waals surface area (Å²) in [6, 6.07) is 10.4. The standard InChI is InChI=1S/C20H23ClN2O6S/c1-13(2)11-22-30(26,27)14-8-9-18(16(21)10-14)29-12-19(24)23-17-7-5-4-6-15(17)20(25)28-3/h4-10,13,22H,11-12H2,1-3H3,(H,23,24). The predicted molar refractivity (Wildman–Crippen MR) is 113 cm³/mol. The molecule has 8 nitrogen and oxygen atoms in total. The Morgan fingerprint density at radius 1 is 1.13 bits per heavy atom. The molecular weight excluding hydrogens is 432 g/mol. The van der Waals surface area contributed by atoms with Crippen LogP contribution in [0.3, 0.4) is 0 Å². The van der Waals surface area contributed by atoms with Crippen LogP contribution in [0, 0.1) is 5.92 Å². The molecule has 2 N–H and O–H groups in total. The van der Waals surface area contributed by atoms with Crippen LogP contribution in [0.4, 0.5) is 5.69 Å². The number of halogens is 1. The molecule has 0 aliphatic rings. The van der Waals surface area contributed by atoms with E-state index in [4.69, 9.17) is 16.3 Å². The monoisotopic (exact) mass is 454 g/mol. The number of anilines is 1. The molecule has 1 amide bonds. The molecule has 2 rings (SSSR count). The van der Waals surface area contributed by atoms with Gasteiger partial charge in [-0.15, -0.1) is 0 Å². The van der Waals surface area contributed by atoms with Gasteiger partial charge in [-0.25, -0.2) is 17.9 Å². The van der Waals surface area contributed by atoms with E-state index in [0.717, 1.165) is 0 Å². The average Bonchev–Trinajstić information content (AvgIpc) is 2.71. The number of methoxy groups -OCH3 is 1. The van der Waals surface area contributed by atoms with Gasteiger partial charge in [0.2, 0.25) is 10.0 Å². The SMILES string of the molecule is COC(=O)c1ccccc1NC(=O)COc1ccc(S(=O)(=O)NCC(C)C)cc1Cl. The molecule has 2 aromatic carbocycles. The van der Waals surface area contributed by atoms with Crippen LogP contribution in [0.1, 0.15) is 24.2 Å². The summed E-state index contributed by atoms with van der Waals surface area (Å²) in [5, 5.41) is 2.61. The third kappa shape index (κ3) is 6.45. The fourth-order valence-corrected chi connectivity index (χ4v) is 3.87. The van der Waals surface area contributed by atoms with Crippen molar-refractivity contribution >= 4 is 39.2 Å². The molecular formula is C20H23ClN2O6S. The average molecular weight is 455 g/mol. The highest BCUT2D eigenvalue weighted by molar-refractivity contribution is 7.89. The number of nitrogens with one attached hydrogen (secondary N) is 2. The van der Waals surface area contributed by atoms with Crippen molar-refractivity contribution in [2.45, 2.75) is 18.7 Å². The number of carbonyl (C=O) groups is 2. The van der Waals surface area contributed by atoms with Crippen molar-refractivity contribution in [2.24, 2.45) is 5.92 Å². The maximum absolute atomic E-state index is 12.3. The summed E-state index contributed by atoms with van der Waals surface area (Å²) in [5.74, 6) is -0.813. The molecule has 0 saturated heterocycles. The number of sulfonamides is 1. The molecule has 30 heavy (non-hydrogen) atoms. The second kappa shape index (κ2) is 10.4. The lowest BCUT2D eigenvalue weighted by atomic mass is 10.2. The maximum atomic E-state index is 12.3. The van der Waals surface area contributed by atoms with Gasteiger partial charge in [0.1, 0.15) is 5.75 Å². The summed E-state index contributed by atoms with van der Waals surface area (Å²) in [7, 11) is -2.45. The van der Waals surface area contributed by atoms with Crippen LogP contribution in [0.25, 0.3) is 0 Å². The zero-order valence-electron chi connectivity index (χ0n) is 16.8. The maximum Gasteiger partial charge on any atom is 0.339 e. The van der Waals surface area contributed by atoms with Crippen molar-refractivity contribution in [3.63, 3.8) is 0 Å². The van der Waals surface area contributed by atoms with E-state index in [9.17, 15) is 18.0 Å². The van der Waals surface area contributed by atoms with Crippen LogP contribution in [-0.4, -0.2) is 40.6 Å². The second-order valence-electron chi connectivity index (χ2n) is 6.71. The van der Waals surface area contributed by atoms with Gasteiger partial charge in [0.15, 0.2) is 6.61 Å². The number of esters is 1. The first kappa shape index (κ1) is 23.7. The number of benzene rings is 2. The van der Waals surface area contributed by atoms with Crippen LogP contribution >= 0.6 is 11.6 Å². The summed E-state index contributed by atoms with van der Waals surface area (Å²) >= 11 is 6.12. The summed E-state index contributed by atoms with van der Waals surface area (Å²) in [4.78, 5) is 24.0. The largest absolute Gasteiger partial charge is 0.482 e. The minimum atomic E-state index is -3.70. The summed E-state index contributed by atoms with van der Waals surface area (Å²) in [6.45, 7) is 3.68. The topological polar surface area (TPSA) is 111 Å². The predicted octanol–water partition coefficient (Wildman–Crippen LogP) is 3.08. The summed E-state index contributed by atoms with van der Waals surface area (Å²) in [6.07, 6.45) is 0. The van der Waals surface area contributed by atoms with E-state index in [1.165, 1.54) is 31.4 Å². The molecule has 162 valence electrons. The third-order valence-electron chi connectivity index (χ3n) is 3.86. The van der Waals surface area contributed by atoms with Gasteiger partial charge in [-0.05, 0) is 36.2 Å². The summed E-state index contributed by atoms with van der Waals surface area (Å²) < 4.78 is 37.1. The Kier molecular flexibility index (Phi) is 8.22. The van der Waals surface area contributed by atoms with Crippen LogP contribution in [0.15, 0.2) is 47.4 Å². The number of rotatable bonds is 9. The Labute approximate surface area is 180 Å². The molecule has 0 heterocycles. The van der Waals surface area contributed by atoms with E-state index in [1.807, 2.05) is 13.8 Å². The molecule has 10 heteroatoms. The third-order valence-corrected chi connectivity index (χ3v) is 5.58. The first-order chi connectivity index (χ1) is 14.1. The smallest absolute Gasteiger partial charge is 0.339 e. The van der Waals surface area contributed by atoms with Gasteiger partial charge >= 0.3 is 5.97 Å². The van der Waals surface area contributed by atoms with Crippen LogP contribution in [-0.2, 0) is 19.6 Å². The lowest BCUT2D eigenvalue weighted by molar-refractivity contribution is -0.118. The normalized spacial score (nSPS) is 11.2. The fourth-order valence-electron chi connectivity index (χ4n) is 2.34. The van der Waals surface area contributed by atoms with E-state index in [1.54, 1.807) is 18.2 Å². The van der Waals surface area contributed by atoms with Gasteiger partial charge in [-0.1, -0.05) is 37.6 Å². The van der Waals surface area contributed by atoms with E-state index in [0.29, 0.717) is 6.54 Å². The number of ether oxygens (including phenoxy) is 2. The minimum Gasteiger partial charge on any atom is -0.482 e. The number of hydrogen-bond donors (Lipinski definition) is 2. The Hall–Kier alpha value is -2.62. The Morgan fingerprint density at radius 3 is 2.47 bits per heavy atom. The van der Waals surface area contributed by atoms with Crippen LogP contribution < -0.4 is 14.8 Å². The van der Waals surface area contributed by atoms with Gasteiger partial charge in [0.05, 0.1) is 28.3 Å². The zero-order chi connectivity index (χ0) is 22.3. The molecule has 0 atom stereocenters. The minimum absolute atomic E-state index is 0.00282. The van der Waals surface area contributed by atoms with Gasteiger partial charge in [0.25, 0.3) is 5.91 Å². The van der Waals surface area contributed by atoms with Crippen molar-refractivity contribution in [3.05, 3.63) is 53.1 Å². The van der Waals surface area contributed by atoms with E-state index >= 15 is 0 Å². The Morgan fingerprint density at radius 2 is 1.83 bits per heavy atom. The number of amides is 1. The highest BCUT2D eigenvalue weighted by atomic mass is 35.5. The first-order valence-electron chi connectivity index (χ1n) is 9.03. The number of hydrogen-bond acceptors (Lipinski definition) is 6. The molecule has 0 fully saturated rings. The lowest BCUT2D eigenvalue weighted by Gasteiger charge is -2.12. The van der Waals surface area contributed by atoms with Crippen molar-refractivity contribution in [1.29, 1.82) is 0 Å². The molecule has 0 aliphatic heterocycles. The highest BCUT2D eigenvalue weighted by Crippen LogP contribution is 2.27. The quantitative estimate of drug-likeness (QED) is 0.563. The first-order valence-corrected chi connectivity index (χ1v) is 10.9. The zero-order valence-corrected chi connectivity index (χ0v) is 18.3. The van der Waals surface area contributed by atoms with Crippen molar-refractivity contribution in [2.75, 3.05) is 25.6 Å². The van der Waals surface area contributed by atoms with Crippen LogP contribution in [0.2, 0.25) is 5.02 Å². The van der Waals surface area contributed by atoms with Crippen molar-refractivity contribution in [3.8, 4) is 5.75 Å². The molecule has 0 aromatic heterocycles. The van der Waals surface area contributed by atoms with Crippen LogP contribution in [0.5, 0.6) is 5.75 Å². The van der Waals surface area contributed by atoms with E-state index in [2.05, 4.69) is 14.8 Å². The van der Waals surface area contributed by atoms with Gasteiger partial charge in [-0.3, -0.25) is 4.79 Å². The van der Waals surface area contributed by atoms with Gasteiger partial charge in [-0.2, -0.15) is 0 Å². The van der Waals surface area contributed by atoms with Gasteiger partial charge < -0.3 is 14.8 Å². The molecule has 2 aromatic rings. The lowest BCUT2D eigenvalue weighted by Crippen LogP contribution is -2.27. The van der Waals surface area contributed by atoms with Crippen molar-refractivity contribution in [1.82, 2.24) is 4.72 Å². The Balaban J connectivity index is 2.03. The molecule has 0 aliphatic carbocycles. The number of para-hydroxylation sites is 1. The van der Waals surface area contributed by atoms with E-state index < -0.39 is 28.5 Å². The molecule has 0 unspecified atom stereocenters. The fraction of sp³-hybridized carbons (Fsp3) is 0.300. The second-order valence-corrected chi connectivity index (χ2v) is 8.89. The highest BCUT2D eigenvalue weighted by Gasteiger charge is 2.17.